The lowest BCUT2D eigenvalue weighted by Crippen LogP contribution is -2.32. The van der Waals surface area contributed by atoms with Crippen LogP contribution in [-0.2, 0) is 13.0 Å². The van der Waals surface area contributed by atoms with Crippen molar-refractivity contribution >= 4 is 32.7 Å². The Morgan fingerprint density at radius 3 is 2.90 bits per heavy atom. The minimum Gasteiger partial charge on any atom is -0.395 e. The highest BCUT2D eigenvalue weighted by Crippen LogP contribution is 2.32. The van der Waals surface area contributed by atoms with Gasteiger partial charge in [0.15, 0.2) is 0 Å². The van der Waals surface area contributed by atoms with Gasteiger partial charge < -0.3 is 14.6 Å². The molecule has 112 valence electrons. The van der Waals surface area contributed by atoms with E-state index in [1.165, 1.54) is 0 Å². The second-order valence-corrected chi connectivity index (χ2v) is 6.46. The number of amides is 1. The maximum Gasteiger partial charge on any atom is 0.270 e. The molecule has 0 radical (unpaired) electrons. The summed E-state index contributed by atoms with van der Waals surface area (Å²) in [5, 5.41) is 10.5. The molecule has 0 aliphatic carbocycles. The number of carbonyl (C=O) groups excluding carboxylic acids is 1. The molecule has 1 aliphatic heterocycles. The fraction of sp³-hybridized carbons (Fsp3) is 0.438. The Morgan fingerprint density at radius 1 is 1.33 bits per heavy atom. The number of aryl methyl sites for hydroxylation is 1. The first-order valence-corrected chi connectivity index (χ1v) is 8.09. The monoisotopic (exact) mass is 350 g/mol. The Bertz CT molecular complexity index is 693. The normalized spacial score (nSPS) is 16.0. The van der Waals surface area contributed by atoms with E-state index in [9.17, 15) is 9.90 Å². The third kappa shape index (κ3) is 2.49. The molecule has 1 N–H and O–H groups in total. The molecular weight excluding hydrogens is 332 g/mol. The van der Waals surface area contributed by atoms with Crippen LogP contribution in [-0.4, -0.2) is 40.7 Å². The lowest BCUT2D eigenvalue weighted by Gasteiger charge is -2.22. The minimum atomic E-state index is 0.0310. The zero-order valence-corrected chi connectivity index (χ0v) is 13.7. The summed E-state index contributed by atoms with van der Waals surface area (Å²) in [6, 6.07) is 6.09. The molecule has 0 unspecified atom stereocenters. The lowest BCUT2D eigenvalue weighted by molar-refractivity contribution is 0.0776. The van der Waals surface area contributed by atoms with E-state index >= 15 is 0 Å². The lowest BCUT2D eigenvalue weighted by atomic mass is 10.0. The van der Waals surface area contributed by atoms with Crippen LogP contribution >= 0.6 is 15.9 Å². The zero-order chi connectivity index (χ0) is 15.0. The number of hydrogen-bond donors (Lipinski definition) is 1. The third-order valence-corrected chi connectivity index (χ3v) is 4.67. The molecule has 0 spiro atoms. The van der Waals surface area contributed by atoms with E-state index in [1.807, 2.05) is 23.7 Å². The van der Waals surface area contributed by atoms with Gasteiger partial charge in [-0.1, -0.05) is 15.9 Å². The van der Waals surface area contributed by atoms with E-state index in [2.05, 4.69) is 22.0 Å². The molecule has 0 atom stereocenters. The molecule has 2 aromatic rings. The number of nitrogens with zero attached hydrogens (tertiary/aromatic N) is 2. The van der Waals surface area contributed by atoms with Crippen molar-refractivity contribution < 1.29 is 9.90 Å². The largest absolute Gasteiger partial charge is 0.395 e. The summed E-state index contributed by atoms with van der Waals surface area (Å²) in [7, 11) is 1.86. The van der Waals surface area contributed by atoms with Crippen LogP contribution in [0.1, 0.15) is 28.9 Å². The van der Waals surface area contributed by atoms with Crippen molar-refractivity contribution in [1.29, 1.82) is 0 Å². The maximum atomic E-state index is 12.8. The van der Waals surface area contributed by atoms with Gasteiger partial charge in [0.25, 0.3) is 5.91 Å². The van der Waals surface area contributed by atoms with Crippen molar-refractivity contribution in [2.75, 3.05) is 20.2 Å². The van der Waals surface area contributed by atoms with E-state index < -0.39 is 0 Å². The Hall–Kier alpha value is -1.33. The predicted molar refractivity (Wildman–Crippen MR) is 86.6 cm³/mol. The van der Waals surface area contributed by atoms with E-state index in [-0.39, 0.29) is 12.5 Å². The van der Waals surface area contributed by atoms with Crippen molar-refractivity contribution in [3.05, 3.63) is 33.9 Å². The van der Waals surface area contributed by atoms with Gasteiger partial charge in [0.2, 0.25) is 0 Å². The quantitative estimate of drug-likeness (QED) is 0.904. The number of aliphatic hydroxyl groups is 1. The Balaban J connectivity index is 2.31. The van der Waals surface area contributed by atoms with Crippen molar-refractivity contribution in [2.45, 2.75) is 25.8 Å². The van der Waals surface area contributed by atoms with Gasteiger partial charge in [0.1, 0.15) is 5.69 Å². The molecular formula is C16H19BrN2O2. The highest BCUT2D eigenvalue weighted by Gasteiger charge is 2.26. The molecule has 4 nitrogen and oxygen atoms in total. The summed E-state index contributed by atoms with van der Waals surface area (Å²) in [4.78, 5) is 14.5. The van der Waals surface area contributed by atoms with Gasteiger partial charge in [-0.3, -0.25) is 4.79 Å². The number of hydrogen-bond acceptors (Lipinski definition) is 2. The molecule has 0 saturated heterocycles. The average molecular weight is 351 g/mol. The Morgan fingerprint density at radius 2 is 2.14 bits per heavy atom. The first-order chi connectivity index (χ1) is 10.1. The molecule has 0 bridgehead atoms. The van der Waals surface area contributed by atoms with Crippen LogP contribution in [0, 0.1) is 0 Å². The number of rotatable bonds is 2. The Kier molecular flexibility index (Phi) is 4.04. The van der Waals surface area contributed by atoms with E-state index in [0.717, 1.165) is 52.4 Å². The summed E-state index contributed by atoms with van der Waals surface area (Å²) in [5.74, 6) is 0.0606. The standard InChI is InChI=1S/C16H19BrN2O2/c1-18-7-3-2-4-12-13-10-11(17)5-6-14(13)19(8-9-20)15(12)16(18)21/h5-6,10,20H,2-4,7-9H2,1H3. The highest BCUT2D eigenvalue weighted by atomic mass is 79.9. The van der Waals surface area contributed by atoms with Crippen LogP contribution in [0.15, 0.2) is 22.7 Å². The van der Waals surface area contributed by atoms with Crippen LogP contribution in [0.3, 0.4) is 0 Å². The van der Waals surface area contributed by atoms with Crippen LogP contribution in [0.4, 0.5) is 0 Å². The van der Waals surface area contributed by atoms with Crippen molar-refractivity contribution in [2.24, 2.45) is 0 Å². The molecule has 5 heteroatoms. The molecule has 1 amide bonds. The molecule has 21 heavy (non-hydrogen) atoms. The molecule has 3 rings (SSSR count). The van der Waals surface area contributed by atoms with Gasteiger partial charge in [-0.25, -0.2) is 0 Å². The van der Waals surface area contributed by atoms with E-state index in [0.29, 0.717) is 6.54 Å². The van der Waals surface area contributed by atoms with Gasteiger partial charge in [-0.05, 0) is 43.0 Å². The summed E-state index contributed by atoms with van der Waals surface area (Å²) in [6.07, 6.45) is 3.03. The number of aromatic nitrogens is 1. The summed E-state index contributed by atoms with van der Waals surface area (Å²) < 4.78 is 2.99. The number of benzene rings is 1. The SMILES string of the molecule is CN1CCCCc2c(n(CCO)c3ccc(Br)cc23)C1=O. The smallest absolute Gasteiger partial charge is 0.270 e. The topological polar surface area (TPSA) is 45.5 Å². The molecule has 0 fully saturated rings. The highest BCUT2D eigenvalue weighted by molar-refractivity contribution is 9.10. The first-order valence-electron chi connectivity index (χ1n) is 7.30. The summed E-state index contributed by atoms with van der Waals surface area (Å²) in [5.41, 5.74) is 2.90. The van der Waals surface area contributed by atoms with Gasteiger partial charge in [-0.2, -0.15) is 0 Å². The molecule has 2 heterocycles. The maximum absolute atomic E-state index is 12.8. The van der Waals surface area contributed by atoms with E-state index in [1.54, 1.807) is 4.90 Å². The van der Waals surface area contributed by atoms with Gasteiger partial charge in [0.05, 0.1) is 6.61 Å². The zero-order valence-electron chi connectivity index (χ0n) is 12.1. The first kappa shape index (κ1) is 14.6. The molecule has 0 saturated carbocycles. The second-order valence-electron chi connectivity index (χ2n) is 5.55. The molecule has 1 aliphatic rings. The summed E-state index contributed by atoms with van der Waals surface area (Å²) in [6.45, 7) is 1.28. The second kappa shape index (κ2) is 5.81. The Labute approximate surface area is 132 Å². The van der Waals surface area contributed by atoms with Crippen LogP contribution in [0.25, 0.3) is 10.9 Å². The number of fused-ring (bicyclic) bond motifs is 3. The van der Waals surface area contributed by atoms with Crippen molar-refractivity contribution in [3.8, 4) is 0 Å². The fourth-order valence-corrected chi connectivity index (χ4v) is 3.52. The fourth-order valence-electron chi connectivity index (χ4n) is 3.16. The van der Waals surface area contributed by atoms with Crippen molar-refractivity contribution in [3.63, 3.8) is 0 Å². The predicted octanol–water partition coefficient (Wildman–Crippen LogP) is 2.80. The molecule has 1 aromatic heterocycles. The molecule has 1 aromatic carbocycles. The van der Waals surface area contributed by atoms with E-state index in [4.69, 9.17) is 0 Å². The van der Waals surface area contributed by atoms with Crippen molar-refractivity contribution in [1.82, 2.24) is 9.47 Å². The number of carbonyl (C=O) groups is 1. The third-order valence-electron chi connectivity index (χ3n) is 4.17. The number of aliphatic hydroxyl groups excluding tert-OH is 1. The van der Waals surface area contributed by atoms with Crippen LogP contribution in [0.5, 0.6) is 0 Å². The number of halogens is 1. The average Bonchev–Trinajstić information content (AvgIpc) is 2.74. The van der Waals surface area contributed by atoms with Crippen LogP contribution < -0.4 is 0 Å². The summed E-state index contributed by atoms with van der Waals surface area (Å²) >= 11 is 3.52. The van der Waals surface area contributed by atoms with Gasteiger partial charge >= 0.3 is 0 Å². The van der Waals surface area contributed by atoms with Crippen LogP contribution in [0.2, 0.25) is 0 Å². The van der Waals surface area contributed by atoms with Gasteiger partial charge in [-0.15, -0.1) is 0 Å². The minimum absolute atomic E-state index is 0.0310. The van der Waals surface area contributed by atoms with Gasteiger partial charge in [0, 0.05) is 35.5 Å².